The number of sulfone groups is 1. The van der Waals surface area contributed by atoms with Gasteiger partial charge >= 0.3 is 0 Å². The monoisotopic (exact) mass is 334 g/mol. The topological polar surface area (TPSA) is 52.6 Å². The lowest BCUT2D eigenvalue weighted by atomic mass is 10.2. The van der Waals surface area contributed by atoms with E-state index in [0.717, 1.165) is 11.3 Å². The average molecular weight is 335 g/mol. The zero-order valence-corrected chi connectivity index (χ0v) is 12.4. The van der Waals surface area contributed by atoms with Crippen LogP contribution in [0.1, 0.15) is 5.56 Å². The molecule has 0 aromatic heterocycles. The van der Waals surface area contributed by atoms with Crippen molar-refractivity contribution in [1.82, 2.24) is 0 Å². The molecule has 1 saturated heterocycles. The molecule has 0 amide bonds. The maximum atomic E-state index is 11.4. The summed E-state index contributed by atoms with van der Waals surface area (Å²) in [6.07, 6.45) is -0.277. The van der Waals surface area contributed by atoms with Crippen LogP contribution in [0.4, 0.5) is 0 Å². The molecule has 1 aliphatic rings. The molecule has 0 radical (unpaired) electrons. The van der Waals surface area contributed by atoms with Crippen LogP contribution in [0.2, 0.25) is 0 Å². The summed E-state index contributed by atoms with van der Waals surface area (Å²) in [6.45, 7) is 0.388. The highest BCUT2D eigenvalue weighted by atomic mass is 79.9. The molecular formula is C12H15BrO4S. The van der Waals surface area contributed by atoms with Gasteiger partial charge < -0.3 is 9.47 Å². The summed E-state index contributed by atoms with van der Waals surface area (Å²) in [4.78, 5) is -0.117. The predicted octanol–water partition coefficient (Wildman–Crippen LogP) is 1.77. The van der Waals surface area contributed by atoms with Crippen molar-refractivity contribution in [2.45, 2.75) is 17.5 Å². The Hall–Kier alpha value is -0.590. The normalized spacial score (nSPS) is 26.1. The SMILES string of the molecule is COc1cccc(COC2CS(=O)(=O)CC2Br)c1. The van der Waals surface area contributed by atoms with Gasteiger partial charge in [-0.15, -0.1) is 0 Å². The van der Waals surface area contributed by atoms with Crippen molar-refractivity contribution in [3.63, 3.8) is 0 Å². The van der Waals surface area contributed by atoms with E-state index < -0.39 is 9.84 Å². The van der Waals surface area contributed by atoms with Gasteiger partial charge in [0.2, 0.25) is 0 Å². The van der Waals surface area contributed by atoms with Crippen LogP contribution >= 0.6 is 15.9 Å². The van der Waals surface area contributed by atoms with Crippen LogP contribution in [-0.2, 0) is 21.2 Å². The fourth-order valence-electron chi connectivity index (χ4n) is 1.89. The third-order valence-corrected chi connectivity index (χ3v) is 5.88. The van der Waals surface area contributed by atoms with Crippen molar-refractivity contribution in [2.24, 2.45) is 0 Å². The standard InChI is InChI=1S/C12H15BrO4S/c1-16-10-4-2-3-9(5-10)6-17-12-8-18(14,15)7-11(12)13/h2-5,11-12H,6-8H2,1H3. The van der Waals surface area contributed by atoms with Gasteiger partial charge in [0, 0.05) is 0 Å². The fourth-order valence-corrected chi connectivity index (χ4v) is 5.35. The first-order valence-electron chi connectivity index (χ1n) is 5.59. The number of rotatable bonds is 4. The number of hydrogen-bond donors (Lipinski definition) is 0. The van der Waals surface area contributed by atoms with Gasteiger partial charge in [0.05, 0.1) is 36.2 Å². The van der Waals surface area contributed by atoms with Crippen molar-refractivity contribution in [2.75, 3.05) is 18.6 Å². The molecule has 100 valence electrons. The molecule has 1 fully saturated rings. The summed E-state index contributed by atoms with van der Waals surface area (Å²) in [7, 11) is -1.35. The van der Waals surface area contributed by atoms with Gasteiger partial charge in [0.1, 0.15) is 5.75 Å². The zero-order chi connectivity index (χ0) is 13.2. The van der Waals surface area contributed by atoms with Crippen LogP contribution in [0.15, 0.2) is 24.3 Å². The summed E-state index contributed by atoms with van der Waals surface area (Å²) < 4.78 is 33.6. The molecule has 0 saturated carbocycles. The highest BCUT2D eigenvalue weighted by Crippen LogP contribution is 2.24. The van der Waals surface area contributed by atoms with Gasteiger partial charge in [-0.1, -0.05) is 28.1 Å². The predicted molar refractivity (Wildman–Crippen MR) is 72.9 cm³/mol. The van der Waals surface area contributed by atoms with Crippen LogP contribution in [0.3, 0.4) is 0 Å². The number of alkyl halides is 1. The van der Waals surface area contributed by atoms with E-state index in [-0.39, 0.29) is 22.4 Å². The van der Waals surface area contributed by atoms with Crippen molar-refractivity contribution >= 4 is 25.8 Å². The maximum Gasteiger partial charge on any atom is 0.154 e. The van der Waals surface area contributed by atoms with Crippen LogP contribution < -0.4 is 4.74 Å². The van der Waals surface area contributed by atoms with Gasteiger partial charge in [0.25, 0.3) is 0 Å². The van der Waals surface area contributed by atoms with Crippen molar-refractivity contribution < 1.29 is 17.9 Å². The third kappa shape index (κ3) is 3.46. The molecule has 1 aromatic carbocycles. The second kappa shape index (κ2) is 5.59. The molecule has 1 heterocycles. The number of hydrogen-bond acceptors (Lipinski definition) is 4. The van der Waals surface area contributed by atoms with Crippen molar-refractivity contribution in [3.05, 3.63) is 29.8 Å². The van der Waals surface area contributed by atoms with Gasteiger partial charge in [-0.25, -0.2) is 8.42 Å². The minimum Gasteiger partial charge on any atom is -0.497 e. The molecule has 0 spiro atoms. The van der Waals surface area contributed by atoms with E-state index in [4.69, 9.17) is 9.47 Å². The second-order valence-corrected chi connectivity index (χ2v) is 7.62. The Balaban J connectivity index is 1.95. The first kappa shape index (κ1) is 13.8. The number of ether oxygens (including phenoxy) is 2. The third-order valence-electron chi connectivity index (χ3n) is 2.83. The van der Waals surface area contributed by atoms with Crippen LogP contribution in [0.5, 0.6) is 5.75 Å². The summed E-state index contributed by atoms with van der Waals surface area (Å²) >= 11 is 3.35. The molecule has 0 aliphatic carbocycles. The van der Waals surface area contributed by atoms with Crippen LogP contribution in [0.25, 0.3) is 0 Å². The number of benzene rings is 1. The first-order chi connectivity index (χ1) is 8.50. The Morgan fingerprint density at radius 2 is 2.17 bits per heavy atom. The van der Waals surface area contributed by atoms with Gasteiger partial charge in [-0.2, -0.15) is 0 Å². The Morgan fingerprint density at radius 1 is 1.39 bits per heavy atom. The molecule has 4 nitrogen and oxygen atoms in total. The minimum absolute atomic E-state index is 0.0902. The molecule has 6 heteroatoms. The minimum atomic E-state index is -2.96. The Labute approximate surface area is 115 Å². The van der Waals surface area contributed by atoms with Gasteiger partial charge in [-0.05, 0) is 17.7 Å². The van der Waals surface area contributed by atoms with Crippen LogP contribution in [0, 0.1) is 0 Å². The Bertz CT molecular complexity index is 515. The Kier molecular flexibility index (Phi) is 4.29. The van der Waals surface area contributed by atoms with Crippen molar-refractivity contribution in [1.29, 1.82) is 0 Å². The van der Waals surface area contributed by atoms with E-state index in [2.05, 4.69) is 15.9 Å². The number of halogens is 1. The van der Waals surface area contributed by atoms with Crippen LogP contribution in [-0.4, -0.2) is 38.0 Å². The summed E-state index contributed by atoms with van der Waals surface area (Å²) in [5.41, 5.74) is 0.971. The summed E-state index contributed by atoms with van der Waals surface area (Å²) in [5.74, 6) is 1.01. The first-order valence-corrected chi connectivity index (χ1v) is 8.33. The molecular weight excluding hydrogens is 320 g/mol. The molecule has 2 rings (SSSR count). The lowest BCUT2D eigenvalue weighted by Gasteiger charge is -2.14. The lowest BCUT2D eigenvalue weighted by molar-refractivity contribution is 0.0624. The van der Waals surface area contributed by atoms with E-state index in [1.165, 1.54) is 0 Å². The second-order valence-electron chi connectivity index (χ2n) is 4.29. The van der Waals surface area contributed by atoms with Gasteiger partial charge in [-0.3, -0.25) is 0 Å². The number of methoxy groups -OCH3 is 1. The van der Waals surface area contributed by atoms with Crippen molar-refractivity contribution in [3.8, 4) is 5.75 Å². The van der Waals surface area contributed by atoms with Gasteiger partial charge in [0.15, 0.2) is 9.84 Å². The molecule has 0 bridgehead atoms. The van der Waals surface area contributed by atoms with E-state index in [0.29, 0.717) is 6.61 Å². The molecule has 2 unspecified atom stereocenters. The maximum absolute atomic E-state index is 11.4. The van der Waals surface area contributed by atoms with E-state index in [1.54, 1.807) is 7.11 Å². The highest BCUT2D eigenvalue weighted by Gasteiger charge is 2.36. The quantitative estimate of drug-likeness (QED) is 0.787. The zero-order valence-electron chi connectivity index (χ0n) is 10.0. The Morgan fingerprint density at radius 3 is 2.78 bits per heavy atom. The van der Waals surface area contributed by atoms with E-state index >= 15 is 0 Å². The summed E-state index contributed by atoms with van der Waals surface area (Å²) in [6, 6.07) is 7.55. The highest BCUT2D eigenvalue weighted by molar-refractivity contribution is 9.09. The summed E-state index contributed by atoms with van der Waals surface area (Å²) in [5, 5.41) is 0. The molecule has 1 aromatic rings. The fraction of sp³-hybridized carbons (Fsp3) is 0.500. The van der Waals surface area contributed by atoms with E-state index in [9.17, 15) is 8.42 Å². The molecule has 1 aliphatic heterocycles. The van der Waals surface area contributed by atoms with E-state index in [1.807, 2.05) is 24.3 Å². The smallest absolute Gasteiger partial charge is 0.154 e. The molecule has 18 heavy (non-hydrogen) atoms. The largest absolute Gasteiger partial charge is 0.497 e. The molecule has 2 atom stereocenters. The average Bonchev–Trinajstić information content (AvgIpc) is 2.60. The molecule has 0 N–H and O–H groups in total. The lowest BCUT2D eigenvalue weighted by Crippen LogP contribution is -2.22.